The number of hydrogen-bond donors (Lipinski definition) is 0. The van der Waals surface area contributed by atoms with E-state index in [1.807, 2.05) is 6.92 Å². The molecule has 3 nitrogen and oxygen atoms in total. The summed E-state index contributed by atoms with van der Waals surface area (Å²) in [6.45, 7) is 3.51. The molecule has 1 fully saturated rings. The number of carbonyl (C=O) groups excluding carboxylic acids is 1. The summed E-state index contributed by atoms with van der Waals surface area (Å²) in [7, 11) is 0. The molecule has 70 valence electrons. The fourth-order valence-corrected chi connectivity index (χ4v) is 1.18. The molecule has 0 N–H and O–H groups in total. The van der Waals surface area contributed by atoms with Crippen LogP contribution in [0.5, 0.6) is 0 Å². The van der Waals surface area contributed by atoms with E-state index in [0.29, 0.717) is 13.0 Å². The molecule has 0 radical (unpaired) electrons. The summed E-state index contributed by atoms with van der Waals surface area (Å²) in [6, 6.07) is 0. The number of ether oxygens (including phenoxy) is 2. The predicted octanol–water partition coefficient (Wildman–Crippen LogP) is 1.16. The van der Waals surface area contributed by atoms with Gasteiger partial charge in [-0.1, -0.05) is 6.92 Å². The zero-order chi connectivity index (χ0) is 8.81. The maximum absolute atomic E-state index is 10.8. The van der Waals surface area contributed by atoms with Crippen LogP contribution in [-0.4, -0.2) is 31.7 Å². The van der Waals surface area contributed by atoms with Crippen molar-refractivity contribution in [3.63, 3.8) is 0 Å². The van der Waals surface area contributed by atoms with Crippen molar-refractivity contribution >= 4 is 5.78 Å². The molecular weight excluding hydrogens is 156 g/mol. The van der Waals surface area contributed by atoms with Crippen molar-refractivity contribution in [3.05, 3.63) is 0 Å². The van der Waals surface area contributed by atoms with Gasteiger partial charge < -0.3 is 9.47 Å². The normalized spacial score (nSPS) is 22.9. The average Bonchev–Trinajstić information content (AvgIpc) is 2.57. The molecule has 0 aliphatic carbocycles. The quantitative estimate of drug-likeness (QED) is 0.624. The molecule has 1 unspecified atom stereocenters. The number of rotatable bonds is 5. The Morgan fingerprint density at radius 2 is 2.50 bits per heavy atom. The van der Waals surface area contributed by atoms with E-state index in [4.69, 9.17) is 9.47 Å². The van der Waals surface area contributed by atoms with Crippen LogP contribution in [-0.2, 0) is 14.3 Å². The van der Waals surface area contributed by atoms with Gasteiger partial charge in [0.2, 0.25) is 0 Å². The lowest BCUT2D eigenvalue weighted by Crippen LogP contribution is -2.17. The average molecular weight is 172 g/mol. The van der Waals surface area contributed by atoms with Crippen LogP contribution in [0, 0.1) is 0 Å². The Morgan fingerprint density at radius 3 is 3.08 bits per heavy atom. The van der Waals surface area contributed by atoms with Gasteiger partial charge in [-0.05, 0) is 12.8 Å². The smallest absolute Gasteiger partial charge is 0.158 e. The second kappa shape index (κ2) is 5.27. The van der Waals surface area contributed by atoms with Gasteiger partial charge in [0.1, 0.15) is 6.61 Å². The van der Waals surface area contributed by atoms with Crippen LogP contribution in [0.3, 0.4) is 0 Å². The molecule has 1 rings (SSSR count). The lowest BCUT2D eigenvalue weighted by molar-refractivity contribution is -0.124. The van der Waals surface area contributed by atoms with E-state index in [2.05, 4.69) is 0 Å². The topological polar surface area (TPSA) is 35.5 Å². The molecule has 1 heterocycles. The summed E-state index contributed by atoms with van der Waals surface area (Å²) >= 11 is 0. The number of carbonyl (C=O) groups is 1. The first kappa shape index (κ1) is 9.68. The Bertz CT molecular complexity index is 139. The molecule has 12 heavy (non-hydrogen) atoms. The maximum Gasteiger partial charge on any atom is 0.158 e. The number of Topliss-reactive ketones (excluding diaryl/α,β-unsaturated/α-hetero) is 1. The van der Waals surface area contributed by atoms with Crippen LogP contribution in [0.2, 0.25) is 0 Å². The SMILES string of the molecule is CCC(=O)COCC1CCCO1. The van der Waals surface area contributed by atoms with Gasteiger partial charge in [-0.2, -0.15) is 0 Å². The fraction of sp³-hybridized carbons (Fsp3) is 0.889. The highest BCUT2D eigenvalue weighted by atomic mass is 16.5. The Labute approximate surface area is 73.0 Å². The first-order valence-corrected chi connectivity index (χ1v) is 4.54. The van der Waals surface area contributed by atoms with Crippen LogP contribution in [0.1, 0.15) is 26.2 Å². The standard InChI is InChI=1S/C9H16O3/c1-2-8(10)6-11-7-9-4-3-5-12-9/h9H,2-7H2,1H3. The highest BCUT2D eigenvalue weighted by Gasteiger charge is 2.15. The zero-order valence-corrected chi connectivity index (χ0v) is 7.54. The molecule has 0 bridgehead atoms. The molecule has 1 saturated heterocycles. The van der Waals surface area contributed by atoms with E-state index >= 15 is 0 Å². The molecule has 0 spiro atoms. The fourth-order valence-electron chi connectivity index (χ4n) is 1.18. The lowest BCUT2D eigenvalue weighted by Gasteiger charge is -2.08. The van der Waals surface area contributed by atoms with Gasteiger partial charge in [-0.15, -0.1) is 0 Å². The van der Waals surface area contributed by atoms with Gasteiger partial charge in [0.15, 0.2) is 5.78 Å². The second-order valence-electron chi connectivity index (χ2n) is 3.04. The summed E-state index contributed by atoms with van der Waals surface area (Å²) < 4.78 is 10.5. The van der Waals surface area contributed by atoms with Crippen molar-refractivity contribution < 1.29 is 14.3 Å². The molecule has 0 aromatic rings. The molecule has 0 amide bonds. The maximum atomic E-state index is 10.8. The van der Waals surface area contributed by atoms with Gasteiger partial charge in [0.05, 0.1) is 12.7 Å². The third-order valence-corrected chi connectivity index (χ3v) is 1.99. The van der Waals surface area contributed by atoms with Crippen molar-refractivity contribution in [2.75, 3.05) is 19.8 Å². The highest BCUT2D eigenvalue weighted by molar-refractivity contribution is 5.79. The molecule has 1 aliphatic heterocycles. The summed E-state index contributed by atoms with van der Waals surface area (Å²) in [5, 5.41) is 0. The van der Waals surface area contributed by atoms with Crippen LogP contribution in [0.25, 0.3) is 0 Å². The van der Waals surface area contributed by atoms with Gasteiger partial charge in [-0.25, -0.2) is 0 Å². The number of ketones is 1. The minimum Gasteiger partial charge on any atom is -0.376 e. The van der Waals surface area contributed by atoms with Crippen molar-refractivity contribution in [2.45, 2.75) is 32.3 Å². The Hall–Kier alpha value is -0.410. The zero-order valence-electron chi connectivity index (χ0n) is 7.54. The number of hydrogen-bond acceptors (Lipinski definition) is 3. The van der Waals surface area contributed by atoms with E-state index in [0.717, 1.165) is 19.4 Å². The summed E-state index contributed by atoms with van der Waals surface area (Å²) in [4.78, 5) is 10.8. The Balaban J connectivity index is 1.97. The molecular formula is C9H16O3. The highest BCUT2D eigenvalue weighted by Crippen LogP contribution is 2.11. The van der Waals surface area contributed by atoms with Gasteiger partial charge >= 0.3 is 0 Å². The van der Waals surface area contributed by atoms with Crippen molar-refractivity contribution in [3.8, 4) is 0 Å². The molecule has 0 saturated carbocycles. The minimum atomic E-state index is 0.160. The summed E-state index contributed by atoms with van der Waals surface area (Å²) in [6.07, 6.45) is 2.98. The van der Waals surface area contributed by atoms with Gasteiger partial charge in [0, 0.05) is 13.0 Å². The largest absolute Gasteiger partial charge is 0.376 e. The molecule has 3 heteroatoms. The van der Waals surface area contributed by atoms with E-state index in [9.17, 15) is 4.79 Å². The minimum absolute atomic E-state index is 0.160. The molecule has 1 aliphatic rings. The van der Waals surface area contributed by atoms with E-state index in [-0.39, 0.29) is 18.5 Å². The van der Waals surface area contributed by atoms with E-state index in [1.165, 1.54) is 0 Å². The first-order valence-electron chi connectivity index (χ1n) is 4.54. The molecule has 0 aromatic heterocycles. The van der Waals surface area contributed by atoms with E-state index in [1.54, 1.807) is 0 Å². The second-order valence-corrected chi connectivity index (χ2v) is 3.04. The van der Waals surface area contributed by atoms with Crippen LogP contribution < -0.4 is 0 Å². The van der Waals surface area contributed by atoms with Gasteiger partial charge in [0.25, 0.3) is 0 Å². The van der Waals surface area contributed by atoms with Crippen LogP contribution in [0.4, 0.5) is 0 Å². The monoisotopic (exact) mass is 172 g/mol. The first-order chi connectivity index (χ1) is 5.83. The summed E-state index contributed by atoms with van der Waals surface area (Å²) in [5.41, 5.74) is 0. The van der Waals surface area contributed by atoms with E-state index < -0.39 is 0 Å². The van der Waals surface area contributed by atoms with Crippen LogP contribution in [0.15, 0.2) is 0 Å². The predicted molar refractivity (Wildman–Crippen MR) is 45.1 cm³/mol. The third kappa shape index (κ3) is 3.32. The third-order valence-electron chi connectivity index (χ3n) is 1.99. The van der Waals surface area contributed by atoms with Crippen LogP contribution >= 0.6 is 0 Å². The molecule has 0 aromatic carbocycles. The summed E-state index contributed by atoms with van der Waals surface area (Å²) in [5.74, 6) is 0.160. The Kier molecular flexibility index (Phi) is 4.25. The molecule has 1 atom stereocenters. The van der Waals surface area contributed by atoms with Crippen molar-refractivity contribution in [1.82, 2.24) is 0 Å². The van der Waals surface area contributed by atoms with Crippen molar-refractivity contribution in [1.29, 1.82) is 0 Å². The van der Waals surface area contributed by atoms with Gasteiger partial charge in [-0.3, -0.25) is 4.79 Å². The lowest BCUT2D eigenvalue weighted by atomic mass is 10.2. The van der Waals surface area contributed by atoms with Crippen molar-refractivity contribution in [2.24, 2.45) is 0 Å². The Morgan fingerprint density at radius 1 is 1.67 bits per heavy atom.